The van der Waals surface area contributed by atoms with Crippen LogP contribution in [-0.4, -0.2) is 37.9 Å². The van der Waals surface area contributed by atoms with Gasteiger partial charge in [0.05, 0.1) is 11.5 Å². The van der Waals surface area contributed by atoms with Gasteiger partial charge in [-0.2, -0.15) is 0 Å². The van der Waals surface area contributed by atoms with Gasteiger partial charge in [-0.3, -0.25) is 4.79 Å². The summed E-state index contributed by atoms with van der Waals surface area (Å²) >= 11 is 0. The maximum Gasteiger partial charge on any atom is 0.221 e. The largest absolute Gasteiger partial charge is 0.352 e. The van der Waals surface area contributed by atoms with Gasteiger partial charge in [-0.05, 0) is 12.8 Å². The summed E-state index contributed by atoms with van der Waals surface area (Å²) in [5.74, 6) is 0.101. The van der Waals surface area contributed by atoms with Crippen LogP contribution in [0.3, 0.4) is 0 Å². The number of sulfone groups is 1. The second-order valence-corrected chi connectivity index (χ2v) is 6.27. The van der Waals surface area contributed by atoms with E-state index >= 15 is 0 Å². The maximum atomic E-state index is 11.4. The van der Waals surface area contributed by atoms with Crippen molar-refractivity contribution in [2.24, 2.45) is 5.73 Å². The standard InChI is InChI=1S/C9H18N2O3S/c1-2-7(10)5-9(12)11-8-3-4-15(13,14)6-8/h7-8H,2-6,10H2,1H3,(H,11,12). The molecule has 1 fully saturated rings. The molecule has 0 aromatic heterocycles. The van der Waals surface area contributed by atoms with E-state index in [-0.39, 0.29) is 35.9 Å². The van der Waals surface area contributed by atoms with Crippen molar-refractivity contribution in [2.45, 2.75) is 38.3 Å². The zero-order valence-electron chi connectivity index (χ0n) is 8.90. The van der Waals surface area contributed by atoms with Crippen LogP contribution in [0, 0.1) is 0 Å². The predicted octanol–water partition coefficient (Wildman–Crippen LogP) is -0.583. The molecule has 2 unspecified atom stereocenters. The molecule has 3 N–H and O–H groups in total. The molecule has 0 radical (unpaired) electrons. The average Bonchev–Trinajstić information content (AvgIpc) is 2.44. The minimum atomic E-state index is -2.92. The van der Waals surface area contributed by atoms with Gasteiger partial charge in [-0.15, -0.1) is 0 Å². The molecule has 88 valence electrons. The number of hydrogen-bond acceptors (Lipinski definition) is 4. The summed E-state index contributed by atoms with van der Waals surface area (Å²) in [5.41, 5.74) is 5.62. The van der Waals surface area contributed by atoms with Crippen LogP contribution in [0.25, 0.3) is 0 Å². The number of nitrogens with two attached hydrogens (primary N) is 1. The van der Waals surface area contributed by atoms with E-state index in [2.05, 4.69) is 5.32 Å². The van der Waals surface area contributed by atoms with Gasteiger partial charge in [0.1, 0.15) is 0 Å². The first-order valence-electron chi connectivity index (χ1n) is 5.18. The van der Waals surface area contributed by atoms with Gasteiger partial charge in [0.25, 0.3) is 0 Å². The SMILES string of the molecule is CCC(N)CC(=O)NC1CCS(=O)(=O)C1. The molecule has 0 bridgehead atoms. The highest BCUT2D eigenvalue weighted by Crippen LogP contribution is 2.11. The van der Waals surface area contributed by atoms with E-state index in [0.29, 0.717) is 6.42 Å². The fraction of sp³-hybridized carbons (Fsp3) is 0.889. The van der Waals surface area contributed by atoms with Crippen LogP contribution in [0.15, 0.2) is 0 Å². The molecule has 0 spiro atoms. The first-order chi connectivity index (χ1) is 6.93. The molecule has 15 heavy (non-hydrogen) atoms. The lowest BCUT2D eigenvalue weighted by molar-refractivity contribution is -0.122. The first kappa shape index (κ1) is 12.4. The molecule has 0 saturated carbocycles. The molecule has 6 heteroatoms. The predicted molar refractivity (Wildman–Crippen MR) is 58.1 cm³/mol. The Morgan fingerprint density at radius 1 is 1.60 bits per heavy atom. The average molecular weight is 234 g/mol. The number of hydrogen-bond donors (Lipinski definition) is 2. The molecular formula is C9H18N2O3S. The smallest absolute Gasteiger partial charge is 0.221 e. The van der Waals surface area contributed by atoms with Gasteiger partial charge in [0, 0.05) is 18.5 Å². The van der Waals surface area contributed by atoms with Gasteiger partial charge in [-0.25, -0.2) is 8.42 Å². The van der Waals surface area contributed by atoms with Crippen LogP contribution in [-0.2, 0) is 14.6 Å². The van der Waals surface area contributed by atoms with E-state index in [1.807, 2.05) is 6.92 Å². The second-order valence-electron chi connectivity index (χ2n) is 4.04. The van der Waals surface area contributed by atoms with Crippen molar-refractivity contribution in [2.75, 3.05) is 11.5 Å². The fourth-order valence-electron chi connectivity index (χ4n) is 1.58. The normalized spacial score (nSPS) is 26.1. The van der Waals surface area contributed by atoms with Crippen LogP contribution in [0.5, 0.6) is 0 Å². The Bertz CT molecular complexity index is 326. The summed E-state index contributed by atoms with van der Waals surface area (Å²) in [7, 11) is -2.92. The van der Waals surface area contributed by atoms with Gasteiger partial charge in [-0.1, -0.05) is 6.92 Å². The number of nitrogens with one attached hydrogen (secondary N) is 1. The summed E-state index contributed by atoms with van der Waals surface area (Å²) in [6, 6.07) is -0.352. The quantitative estimate of drug-likeness (QED) is 0.681. The molecule has 0 aromatic carbocycles. The lowest BCUT2D eigenvalue weighted by atomic mass is 10.1. The number of amides is 1. The summed E-state index contributed by atoms with van der Waals surface area (Å²) in [6.07, 6.45) is 1.54. The summed E-state index contributed by atoms with van der Waals surface area (Å²) in [4.78, 5) is 11.4. The fourth-order valence-corrected chi connectivity index (χ4v) is 3.25. The number of carbonyl (C=O) groups excluding carboxylic acids is 1. The lowest BCUT2D eigenvalue weighted by Crippen LogP contribution is -2.38. The third kappa shape index (κ3) is 4.17. The monoisotopic (exact) mass is 234 g/mol. The van der Waals surface area contributed by atoms with Crippen molar-refractivity contribution in [3.8, 4) is 0 Å². The molecule has 1 aliphatic rings. The highest BCUT2D eigenvalue weighted by molar-refractivity contribution is 7.91. The van der Waals surface area contributed by atoms with E-state index < -0.39 is 9.84 Å². The number of rotatable bonds is 4. The minimum Gasteiger partial charge on any atom is -0.352 e. The molecule has 2 atom stereocenters. The molecule has 1 amide bonds. The van der Waals surface area contributed by atoms with E-state index in [4.69, 9.17) is 5.73 Å². The maximum absolute atomic E-state index is 11.4. The van der Waals surface area contributed by atoms with Crippen LogP contribution >= 0.6 is 0 Å². The molecule has 0 aromatic rings. The Hall–Kier alpha value is -0.620. The van der Waals surface area contributed by atoms with E-state index in [1.165, 1.54) is 0 Å². The van der Waals surface area contributed by atoms with Gasteiger partial charge >= 0.3 is 0 Å². The Morgan fingerprint density at radius 3 is 2.73 bits per heavy atom. The Balaban J connectivity index is 2.34. The molecule has 1 saturated heterocycles. The Morgan fingerprint density at radius 2 is 2.27 bits per heavy atom. The summed E-state index contributed by atoms with van der Waals surface area (Å²) in [5, 5.41) is 2.70. The third-order valence-corrected chi connectivity index (χ3v) is 4.34. The van der Waals surface area contributed by atoms with Crippen LogP contribution in [0.4, 0.5) is 0 Å². The molecule has 0 aliphatic carbocycles. The van der Waals surface area contributed by atoms with E-state index in [1.54, 1.807) is 0 Å². The van der Waals surface area contributed by atoms with Crippen molar-refractivity contribution >= 4 is 15.7 Å². The molecular weight excluding hydrogens is 216 g/mol. The van der Waals surface area contributed by atoms with Crippen molar-refractivity contribution in [1.82, 2.24) is 5.32 Å². The highest BCUT2D eigenvalue weighted by atomic mass is 32.2. The van der Waals surface area contributed by atoms with Crippen LogP contribution < -0.4 is 11.1 Å². The molecule has 5 nitrogen and oxygen atoms in total. The summed E-state index contributed by atoms with van der Waals surface area (Å²) in [6.45, 7) is 1.91. The zero-order chi connectivity index (χ0) is 11.5. The van der Waals surface area contributed by atoms with E-state index in [0.717, 1.165) is 6.42 Å². The summed E-state index contributed by atoms with van der Waals surface area (Å²) < 4.78 is 22.2. The van der Waals surface area contributed by atoms with Crippen LogP contribution in [0.2, 0.25) is 0 Å². The van der Waals surface area contributed by atoms with Crippen molar-refractivity contribution < 1.29 is 13.2 Å². The van der Waals surface area contributed by atoms with Gasteiger partial charge in [0.2, 0.25) is 5.91 Å². The molecule has 1 rings (SSSR count). The van der Waals surface area contributed by atoms with Gasteiger partial charge in [0.15, 0.2) is 9.84 Å². The zero-order valence-corrected chi connectivity index (χ0v) is 9.72. The van der Waals surface area contributed by atoms with Crippen molar-refractivity contribution in [1.29, 1.82) is 0 Å². The number of carbonyl (C=O) groups is 1. The Labute approximate surface area is 90.3 Å². The topological polar surface area (TPSA) is 89.3 Å². The van der Waals surface area contributed by atoms with Crippen molar-refractivity contribution in [3.63, 3.8) is 0 Å². The minimum absolute atomic E-state index is 0.0695. The van der Waals surface area contributed by atoms with Gasteiger partial charge < -0.3 is 11.1 Å². The van der Waals surface area contributed by atoms with Crippen LogP contribution in [0.1, 0.15) is 26.2 Å². The third-order valence-electron chi connectivity index (χ3n) is 2.57. The van der Waals surface area contributed by atoms with Crippen molar-refractivity contribution in [3.05, 3.63) is 0 Å². The molecule has 1 aliphatic heterocycles. The van der Waals surface area contributed by atoms with E-state index in [9.17, 15) is 13.2 Å². The second kappa shape index (κ2) is 4.94. The highest BCUT2D eigenvalue weighted by Gasteiger charge is 2.28. The molecule has 1 heterocycles. The lowest BCUT2D eigenvalue weighted by Gasteiger charge is -2.13. The Kier molecular flexibility index (Phi) is 4.10. The first-order valence-corrected chi connectivity index (χ1v) is 7.00.